The largest absolute Gasteiger partial charge is 0.507 e. The van der Waals surface area contributed by atoms with E-state index in [1.165, 1.54) is 18.2 Å². The first-order valence-corrected chi connectivity index (χ1v) is 7.55. The van der Waals surface area contributed by atoms with Crippen LogP contribution in [0.2, 0.25) is 5.02 Å². The summed E-state index contributed by atoms with van der Waals surface area (Å²) in [6.45, 7) is 2.04. The second-order valence-corrected chi connectivity index (χ2v) is 5.40. The molecule has 6 heteroatoms. The molecule has 1 aromatic rings. The molecular formula is C16H18ClNO4. The van der Waals surface area contributed by atoms with Crippen molar-refractivity contribution in [2.75, 3.05) is 13.2 Å². The number of hydrogen-bond donors (Lipinski definition) is 1. The normalized spacial score (nSPS) is 13.6. The molecule has 2 rings (SSSR count). The highest BCUT2D eigenvalue weighted by Crippen LogP contribution is 2.23. The van der Waals surface area contributed by atoms with Crippen molar-refractivity contribution in [2.24, 2.45) is 0 Å². The summed E-state index contributed by atoms with van der Waals surface area (Å²) in [7, 11) is 0. The second kappa shape index (κ2) is 7.31. The Morgan fingerprint density at radius 3 is 2.82 bits per heavy atom. The topological polar surface area (TPSA) is 66.8 Å². The van der Waals surface area contributed by atoms with Crippen LogP contribution in [0, 0.1) is 0 Å². The number of rotatable bonds is 5. The molecule has 0 heterocycles. The number of carbonyl (C=O) groups is 2. The Balaban J connectivity index is 1.98. The summed E-state index contributed by atoms with van der Waals surface area (Å²) in [5.74, 6) is -1.27. The van der Waals surface area contributed by atoms with E-state index in [-0.39, 0.29) is 23.8 Å². The van der Waals surface area contributed by atoms with E-state index >= 15 is 0 Å². The predicted octanol–water partition coefficient (Wildman–Crippen LogP) is 3.12. The minimum absolute atomic E-state index is 0.0524. The highest BCUT2D eigenvalue weighted by atomic mass is 35.5. The minimum Gasteiger partial charge on any atom is -0.507 e. The van der Waals surface area contributed by atoms with Gasteiger partial charge >= 0.3 is 5.97 Å². The maximum Gasteiger partial charge on any atom is 0.342 e. The molecule has 22 heavy (non-hydrogen) atoms. The molecule has 0 atom stereocenters. The second-order valence-electron chi connectivity index (χ2n) is 4.96. The zero-order valence-corrected chi connectivity index (χ0v) is 13.1. The van der Waals surface area contributed by atoms with Gasteiger partial charge in [-0.05, 0) is 44.4 Å². The van der Waals surface area contributed by atoms with E-state index < -0.39 is 5.97 Å². The van der Waals surface area contributed by atoms with Crippen molar-refractivity contribution < 1.29 is 19.4 Å². The van der Waals surface area contributed by atoms with E-state index in [1.807, 2.05) is 13.0 Å². The maximum absolute atomic E-state index is 12.2. The van der Waals surface area contributed by atoms with Gasteiger partial charge in [0.25, 0.3) is 5.91 Å². The Labute approximate surface area is 134 Å². The average Bonchev–Trinajstić information content (AvgIpc) is 3.02. The monoisotopic (exact) mass is 323 g/mol. The third-order valence-electron chi connectivity index (χ3n) is 3.49. The van der Waals surface area contributed by atoms with Crippen molar-refractivity contribution >= 4 is 23.5 Å². The quantitative estimate of drug-likeness (QED) is 0.845. The third-order valence-corrected chi connectivity index (χ3v) is 3.72. The number of phenols is 1. The van der Waals surface area contributed by atoms with Crippen molar-refractivity contribution in [1.29, 1.82) is 0 Å². The summed E-state index contributed by atoms with van der Waals surface area (Å²) in [4.78, 5) is 25.7. The molecule has 0 saturated carbocycles. The van der Waals surface area contributed by atoms with Crippen molar-refractivity contribution in [3.63, 3.8) is 0 Å². The standard InChI is InChI=1S/C16H18ClNO4/c1-2-18(12-5-3-4-6-12)15(20)10-22-16(21)13-9-11(17)7-8-14(13)19/h5,7-9,19H,2-4,6,10H2,1H3. The van der Waals surface area contributed by atoms with E-state index in [9.17, 15) is 14.7 Å². The molecule has 0 aliphatic heterocycles. The number of phenolic OH excluding ortho intramolecular Hbond substituents is 1. The van der Waals surface area contributed by atoms with Gasteiger partial charge in [0.1, 0.15) is 11.3 Å². The van der Waals surface area contributed by atoms with Crippen molar-refractivity contribution in [1.82, 2.24) is 4.90 Å². The number of likely N-dealkylation sites (N-methyl/N-ethyl adjacent to an activating group) is 1. The van der Waals surface area contributed by atoms with Gasteiger partial charge in [-0.1, -0.05) is 17.7 Å². The van der Waals surface area contributed by atoms with Gasteiger partial charge in [-0.3, -0.25) is 4.79 Å². The molecule has 0 saturated heterocycles. The Morgan fingerprint density at radius 2 is 2.18 bits per heavy atom. The lowest BCUT2D eigenvalue weighted by Gasteiger charge is -2.22. The number of allylic oxidation sites excluding steroid dienone is 2. The van der Waals surface area contributed by atoms with Crippen molar-refractivity contribution in [3.05, 3.63) is 40.6 Å². The molecule has 1 aromatic carbocycles. The SMILES string of the molecule is CCN(C(=O)COC(=O)c1cc(Cl)ccc1O)C1=CCCC1. The Morgan fingerprint density at radius 1 is 1.41 bits per heavy atom. The van der Waals surface area contributed by atoms with E-state index in [4.69, 9.17) is 16.3 Å². The van der Waals surface area contributed by atoms with Crippen LogP contribution >= 0.6 is 11.6 Å². The first kappa shape index (κ1) is 16.4. The van der Waals surface area contributed by atoms with Crippen LogP contribution in [0.25, 0.3) is 0 Å². The van der Waals surface area contributed by atoms with E-state index in [0.717, 1.165) is 25.0 Å². The number of esters is 1. The molecule has 1 aliphatic carbocycles. The number of amides is 1. The van der Waals surface area contributed by atoms with Crippen LogP contribution in [0.5, 0.6) is 5.75 Å². The van der Waals surface area contributed by atoms with Gasteiger partial charge in [-0.2, -0.15) is 0 Å². The minimum atomic E-state index is -0.773. The van der Waals surface area contributed by atoms with E-state index in [1.54, 1.807) is 4.90 Å². The van der Waals surface area contributed by atoms with Gasteiger partial charge in [0.15, 0.2) is 6.61 Å². The number of nitrogens with zero attached hydrogens (tertiary/aromatic N) is 1. The highest BCUT2D eigenvalue weighted by Gasteiger charge is 2.21. The molecule has 1 N–H and O–H groups in total. The van der Waals surface area contributed by atoms with Gasteiger partial charge < -0.3 is 14.7 Å². The van der Waals surface area contributed by atoms with Crippen LogP contribution in [0.4, 0.5) is 0 Å². The van der Waals surface area contributed by atoms with Gasteiger partial charge in [0.05, 0.1) is 0 Å². The Kier molecular flexibility index (Phi) is 5.44. The molecule has 0 bridgehead atoms. The molecule has 0 spiro atoms. The van der Waals surface area contributed by atoms with E-state index in [2.05, 4.69) is 0 Å². The summed E-state index contributed by atoms with van der Waals surface area (Å²) >= 11 is 5.78. The summed E-state index contributed by atoms with van der Waals surface area (Å²) in [5, 5.41) is 9.94. The molecule has 118 valence electrons. The third kappa shape index (κ3) is 3.80. The number of hydrogen-bond acceptors (Lipinski definition) is 4. The summed E-state index contributed by atoms with van der Waals surface area (Å²) in [6, 6.07) is 4.08. The molecule has 0 aromatic heterocycles. The average molecular weight is 324 g/mol. The summed E-state index contributed by atoms with van der Waals surface area (Å²) < 4.78 is 4.99. The lowest BCUT2D eigenvalue weighted by molar-refractivity contribution is -0.132. The number of carbonyl (C=O) groups excluding carboxylic acids is 2. The maximum atomic E-state index is 12.2. The zero-order valence-electron chi connectivity index (χ0n) is 12.3. The first-order valence-electron chi connectivity index (χ1n) is 7.18. The lowest BCUT2D eigenvalue weighted by atomic mass is 10.2. The van der Waals surface area contributed by atoms with Crippen molar-refractivity contribution in [2.45, 2.75) is 26.2 Å². The highest BCUT2D eigenvalue weighted by molar-refractivity contribution is 6.31. The van der Waals surface area contributed by atoms with Gasteiger partial charge in [-0.25, -0.2) is 4.79 Å². The fourth-order valence-corrected chi connectivity index (χ4v) is 2.57. The smallest absolute Gasteiger partial charge is 0.342 e. The van der Waals surface area contributed by atoms with Crippen LogP contribution < -0.4 is 0 Å². The molecule has 0 radical (unpaired) electrons. The Hall–Kier alpha value is -2.01. The van der Waals surface area contributed by atoms with E-state index in [0.29, 0.717) is 11.6 Å². The van der Waals surface area contributed by atoms with Crippen molar-refractivity contribution in [3.8, 4) is 5.75 Å². The lowest BCUT2D eigenvalue weighted by Crippen LogP contribution is -2.33. The van der Waals surface area contributed by atoms with Crippen LogP contribution in [0.1, 0.15) is 36.5 Å². The number of ether oxygens (including phenoxy) is 1. The fraction of sp³-hybridized carbons (Fsp3) is 0.375. The molecule has 1 aliphatic rings. The first-order chi connectivity index (χ1) is 10.5. The Bertz CT molecular complexity index is 612. The van der Waals surface area contributed by atoms with Gasteiger partial charge in [-0.15, -0.1) is 0 Å². The van der Waals surface area contributed by atoms with Crippen LogP contribution in [0.15, 0.2) is 30.0 Å². The molecule has 5 nitrogen and oxygen atoms in total. The molecule has 1 amide bonds. The zero-order chi connectivity index (χ0) is 16.1. The summed E-state index contributed by atoms with van der Waals surface area (Å²) in [6.07, 6.45) is 4.90. The van der Waals surface area contributed by atoms with Crippen LogP contribution in [0.3, 0.4) is 0 Å². The number of aromatic hydroxyl groups is 1. The number of halogens is 1. The number of benzene rings is 1. The van der Waals surface area contributed by atoms with Crippen LogP contribution in [-0.2, 0) is 9.53 Å². The van der Waals surface area contributed by atoms with Gasteiger partial charge in [0, 0.05) is 17.3 Å². The fourth-order valence-electron chi connectivity index (χ4n) is 2.39. The predicted molar refractivity (Wildman–Crippen MR) is 82.7 cm³/mol. The van der Waals surface area contributed by atoms with Gasteiger partial charge in [0.2, 0.25) is 0 Å². The van der Waals surface area contributed by atoms with Crippen LogP contribution in [-0.4, -0.2) is 35.0 Å². The summed E-state index contributed by atoms with van der Waals surface area (Å²) in [5.41, 5.74) is 0.928. The molecular weight excluding hydrogens is 306 g/mol. The molecule has 0 fully saturated rings. The molecule has 0 unspecified atom stereocenters.